The fourth-order valence-corrected chi connectivity index (χ4v) is 7.16. The monoisotopic (exact) mass is 480 g/mol. The molecule has 0 spiro atoms. The van der Waals surface area contributed by atoms with Crippen LogP contribution in [0.5, 0.6) is 0 Å². The van der Waals surface area contributed by atoms with E-state index in [0.29, 0.717) is 31.0 Å². The van der Waals surface area contributed by atoms with E-state index in [-0.39, 0.29) is 9.92 Å². The number of nitrogens with zero attached hydrogens (tertiary/aromatic N) is 2. The summed E-state index contributed by atoms with van der Waals surface area (Å²) in [5.74, 6) is 0. The van der Waals surface area contributed by atoms with Gasteiger partial charge in [0.2, 0.25) is 0 Å². The van der Waals surface area contributed by atoms with Crippen LogP contribution in [0.15, 0.2) is 52.7 Å². The van der Waals surface area contributed by atoms with Gasteiger partial charge in [-0.2, -0.15) is 0 Å². The van der Waals surface area contributed by atoms with Crippen LogP contribution in [0.1, 0.15) is 29.7 Å². The summed E-state index contributed by atoms with van der Waals surface area (Å²) < 4.78 is 26.1. The van der Waals surface area contributed by atoms with Gasteiger partial charge in [-0.15, -0.1) is 11.3 Å². The van der Waals surface area contributed by atoms with Crippen molar-refractivity contribution >= 4 is 49.5 Å². The van der Waals surface area contributed by atoms with Crippen LogP contribution in [0.3, 0.4) is 0 Å². The van der Waals surface area contributed by atoms with Crippen molar-refractivity contribution in [3.8, 4) is 0 Å². The van der Waals surface area contributed by atoms with Crippen molar-refractivity contribution in [1.29, 1.82) is 0 Å². The van der Waals surface area contributed by atoms with Gasteiger partial charge in [0.1, 0.15) is 0 Å². The summed E-state index contributed by atoms with van der Waals surface area (Å²) in [6, 6.07) is 13.0. The number of hydrogen-bond donors (Lipinski definition) is 0. The molecule has 0 unspecified atom stereocenters. The molecule has 2 aromatic carbocycles. The zero-order valence-electron chi connectivity index (χ0n) is 16.5. The number of sulfone groups is 1. The number of aryl methyl sites for hydroxylation is 1. The highest BCUT2D eigenvalue weighted by Crippen LogP contribution is 2.33. The lowest BCUT2D eigenvalue weighted by Gasteiger charge is -2.31. The lowest BCUT2D eigenvalue weighted by Crippen LogP contribution is -2.39. The molecular weight excluding hydrogens is 459 g/mol. The Balaban J connectivity index is 1.42. The van der Waals surface area contributed by atoms with Crippen molar-refractivity contribution in [3.05, 3.63) is 74.7 Å². The summed E-state index contributed by atoms with van der Waals surface area (Å²) in [7, 11) is -3.52. The van der Waals surface area contributed by atoms with Gasteiger partial charge >= 0.3 is 0 Å². The number of benzene rings is 2. The van der Waals surface area contributed by atoms with E-state index in [9.17, 15) is 8.42 Å². The van der Waals surface area contributed by atoms with E-state index in [1.807, 2.05) is 0 Å². The molecule has 2 heterocycles. The summed E-state index contributed by atoms with van der Waals surface area (Å²) in [4.78, 5) is 7.09. The molecule has 8 heteroatoms. The van der Waals surface area contributed by atoms with E-state index in [1.165, 1.54) is 23.3 Å². The molecule has 3 aromatic rings. The molecule has 0 N–H and O–H groups in total. The van der Waals surface area contributed by atoms with Crippen LogP contribution in [-0.4, -0.2) is 31.7 Å². The summed E-state index contributed by atoms with van der Waals surface area (Å²) >= 11 is 13.8. The first-order valence-corrected chi connectivity index (χ1v) is 12.9. The SMILES string of the molecule is Cc1cccc(Cc2csc(N3CCC(S(=O)(=O)c4cc(Cl)ccc4Cl)CC3)n2)c1. The molecule has 1 aliphatic heterocycles. The normalized spacial score (nSPS) is 15.5. The number of aromatic nitrogens is 1. The summed E-state index contributed by atoms with van der Waals surface area (Å²) in [5.41, 5.74) is 3.53. The molecule has 0 bridgehead atoms. The molecule has 0 aliphatic carbocycles. The van der Waals surface area contributed by atoms with E-state index in [2.05, 4.69) is 41.5 Å². The summed E-state index contributed by atoms with van der Waals surface area (Å²) in [5, 5.41) is 3.18. The van der Waals surface area contributed by atoms with E-state index in [4.69, 9.17) is 28.2 Å². The number of hydrogen-bond acceptors (Lipinski definition) is 5. The maximum Gasteiger partial charge on any atom is 0.185 e. The maximum atomic E-state index is 13.1. The van der Waals surface area contributed by atoms with Crippen LogP contribution in [0, 0.1) is 6.92 Å². The highest BCUT2D eigenvalue weighted by Gasteiger charge is 2.33. The van der Waals surface area contributed by atoms with E-state index in [1.54, 1.807) is 17.4 Å². The lowest BCUT2D eigenvalue weighted by molar-refractivity contribution is 0.529. The van der Waals surface area contributed by atoms with Crippen LogP contribution < -0.4 is 4.90 Å². The highest BCUT2D eigenvalue weighted by atomic mass is 35.5. The molecule has 0 radical (unpaired) electrons. The molecule has 30 heavy (non-hydrogen) atoms. The second-order valence-corrected chi connectivity index (χ2v) is 11.5. The van der Waals surface area contributed by atoms with Gasteiger partial charge in [-0.25, -0.2) is 13.4 Å². The van der Waals surface area contributed by atoms with Gasteiger partial charge in [0.05, 0.1) is 20.9 Å². The van der Waals surface area contributed by atoms with E-state index < -0.39 is 15.1 Å². The largest absolute Gasteiger partial charge is 0.348 e. The van der Waals surface area contributed by atoms with Crippen LogP contribution in [0.2, 0.25) is 10.0 Å². The topological polar surface area (TPSA) is 50.3 Å². The smallest absolute Gasteiger partial charge is 0.185 e. The fourth-order valence-electron chi connectivity index (χ4n) is 3.79. The van der Waals surface area contributed by atoms with Gasteiger partial charge in [0.15, 0.2) is 15.0 Å². The predicted octanol–water partition coefficient (Wildman–Crippen LogP) is 5.79. The third kappa shape index (κ3) is 4.67. The first kappa shape index (κ1) is 21.6. The van der Waals surface area contributed by atoms with Gasteiger partial charge in [-0.1, -0.05) is 53.0 Å². The minimum atomic E-state index is -3.52. The summed E-state index contributed by atoms with van der Waals surface area (Å²) in [6.07, 6.45) is 1.88. The van der Waals surface area contributed by atoms with Crippen molar-refractivity contribution in [2.75, 3.05) is 18.0 Å². The quantitative estimate of drug-likeness (QED) is 0.463. The molecule has 1 fully saturated rings. The highest BCUT2D eigenvalue weighted by molar-refractivity contribution is 7.92. The number of halogens is 2. The molecular formula is C22H22Cl2N2O2S2. The summed E-state index contributed by atoms with van der Waals surface area (Å²) in [6.45, 7) is 3.39. The number of piperidine rings is 1. The first-order chi connectivity index (χ1) is 14.3. The standard InChI is InChI=1S/C22H22Cl2N2O2S2/c1-15-3-2-4-16(11-15)12-18-14-29-22(25-18)26-9-7-19(8-10-26)30(27,28)21-13-17(23)5-6-20(21)24/h2-6,11,13-14,19H,7-10,12H2,1H3. The molecule has 1 aliphatic rings. The number of thiazole rings is 1. The Kier molecular flexibility index (Phi) is 6.39. The molecule has 158 valence electrons. The van der Waals surface area contributed by atoms with Gasteiger partial charge in [0.25, 0.3) is 0 Å². The third-order valence-corrected chi connectivity index (χ3v) is 9.29. The van der Waals surface area contributed by atoms with Crippen LogP contribution in [0.4, 0.5) is 5.13 Å². The van der Waals surface area contributed by atoms with Gasteiger partial charge in [0, 0.05) is 29.9 Å². The Bertz CT molecular complexity index is 1150. The van der Waals surface area contributed by atoms with Crippen molar-refractivity contribution in [2.24, 2.45) is 0 Å². The molecule has 0 amide bonds. The van der Waals surface area contributed by atoms with E-state index >= 15 is 0 Å². The predicted molar refractivity (Wildman–Crippen MR) is 125 cm³/mol. The molecule has 0 saturated carbocycles. The Morgan fingerprint density at radius 1 is 1.13 bits per heavy atom. The molecule has 4 nitrogen and oxygen atoms in total. The van der Waals surface area contributed by atoms with Crippen molar-refractivity contribution in [1.82, 2.24) is 4.98 Å². The van der Waals surface area contributed by atoms with Crippen LogP contribution in [-0.2, 0) is 16.3 Å². The van der Waals surface area contributed by atoms with Gasteiger partial charge < -0.3 is 4.90 Å². The van der Waals surface area contributed by atoms with Gasteiger partial charge in [-0.05, 0) is 43.5 Å². The van der Waals surface area contributed by atoms with Crippen molar-refractivity contribution < 1.29 is 8.42 Å². The number of rotatable bonds is 5. The maximum absolute atomic E-state index is 13.1. The Morgan fingerprint density at radius 3 is 2.63 bits per heavy atom. The second-order valence-electron chi connectivity index (χ2n) is 7.59. The van der Waals surface area contributed by atoms with Crippen molar-refractivity contribution in [3.63, 3.8) is 0 Å². The Morgan fingerprint density at radius 2 is 1.90 bits per heavy atom. The van der Waals surface area contributed by atoms with E-state index in [0.717, 1.165) is 17.2 Å². The molecule has 0 atom stereocenters. The molecule has 1 aromatic heterocycles. The van der Waals surface area contributed by atoms with Gasteiger partial charge in [-0.3, -0.25) is 0 Å². The first-order valence-electron chi connectivity index (χ1n) is 9.77. The third-order valence-electron chi connectivity index (χ3n) is 5.36. The van der Waals surface area contributed by atoms with Crippen LogP contribution >= 0.6 is 34.5 Å². The van der Waals surface area contributed by atoms with Crippen LogP contribution in [0.25, 0.3) is 0 Å². The zero-order valence-corrected chi connectivity index (χ0v) is 19.7. The Hall–Kier alpha value is -1.60. The minimum absolute atomic E-state index is 0.129. The Labute approximate surface area is 191 Å². The average molecular weight is 481 g/mol. The molecule has 4 rings (SSSR count). The fraction of sp³-hybridized carbons (Fsp3) is 0.318. The average Bonchev–Trinajstić information content (AvgIpc) is 3.18. The lowest BCUT2D eigenvalue weighted by atomic mass is 10.1. The van der Waals surface area contributed by atoms with Crippen molar-refractivity contribution in [2.45, 2.75) is 36.3 Å². The zero-order chi connectivity index (χ0) is 21.3. The number of anilines is 1. The second kappa shape index (κ2) is 8.87. The minimum Gasteiger partial charge on any atom is -0.348 e. The molecule has 1 saturated heterocycles.